The van der Waals surface area contributed by atoms with Crippen LogP contribution in [0.4, 0.5) is 0 Å². The number of nitrogens with one attached hydrogen (secondary N) is 1. The van der Waals surface area contributed by atoms with Gasteiger partial charge in [-0.1, -0.05) is 15.9 Å². The van der Waals surface area contributed by atoms with Gasteiger partial charge in [-0.15, -0.1) is 11.3 Å². The molecular formula is C12H11BrN2S. The van der Waals surface area contributed by atoms with Crippen molar-refractivity contribution in [3.8, 4) is 0 Å². The minimum Gasteiger partial charge on any atom is -0.316 e. The van der Waals surface area contributed by atoms with Crippen LogP contribution in [0.1, 0.15) is 10.9 Å². The molecule has 1 unspecified atom stereocenters. The number of nitrogens with zero attached hydrogens (tertiary/aromatic N) is 1. The van der Waals surface area contributed by atoms with E-state index >= 15 is 0 Å². The van der Waals surface area contributed by atoms with Crippen molar-refractivity contribution in [1.82, 2.24) is 10.3 Å². The molecule has 2 nitrogen and oxygen atoms in total. The Bertz CT molecular complexity index is 555. The zero-order valence-corrected chi connectivity index (χ0v) is 11.0. The van der Waals surface area contributed by atoms with Crippen LogP contribution in [0.5, 0.6) is 0 Å². The molecule has 82 valence electrons. The Balaban J connectivity index is 1.76. The average Bonchev–Trinajstić information content (AvgIpc) is 2.68. The van der Waals surface area contributed by atoms with E-state index in [0.29, 0.717) is 0 Å². The monoisotopic (exact) mass is 294 g/mol. The molecule has 2 aliphatic rings. The third kappa shape index (κ3) is 1.30. The number of aromatic nitrogens is 1. The van der Waals surface area contributed by atoms with Crippen LogP contribution < -0.4 is 5.32 Å². The molecule has 4 rings (SSSR count). The van der Waals surface area contributed by atoms with Gasteiger partial charge >= 0.3 is 0 Å². The topological polar surface area (TPSA) is 24.9 Å². The van der Waals surface area contributed by atoms with Gasteiger partial charge in [-0.2, -0.15) is 0 Å². The van der Waals surface area contributed by atoms with Crippen LogP contribution in [-0.2, 0) is 0 Å². The van der Waals surface area contributed by atoms with Crippen LogP contribution in [0, 0.1) is 11.8 Å². The summed E-state index contributed by atoms with van der Waals surface area (Å²) in [6.45, 7) is 2.38. The highest BCUT2D eigenvalue weighted by Crippen LogP contribution is 2.56. The number of benzene rings is 1. The molecule has 1 aliphatic heterocycles. The Kier molecular flexibility index (Phi) is 1.96. The molecule has 4 heteroatoms. The first-order valence-corrected chi connectivity index (χ1v) is 7.20. The highest BCUT2D eigenvalue weighted by molar-refractivity contribution is 9.10. The summed E-state index contributed by atoms with van der Waals surface area (Å²) in [6.07, 6.45) is 0. The number of hydrogen-bond donors (Lipinski definition) is 1. The van der Waals surface area contributed by atoms with Crippen molar-refractivity contribution in [3.05, 3.63) is 27.7 Å². The number of hydrogen-bond acceptors (Lipinski definition) is 3. The molecule has 0 bridgehead atoms. The first-order valence-electron chi connectivity index (χ1n) is 5.59. The minimum absolute atomic E-state index is 0.748. The Hall–Kier alpha value is -0.450. The van der Waals surface area contributed by atoms with E-state index in [1.165, 1.54) is 22.8 Å². The fraction of sp³-hybridized carbons (Fsp3) is 0.417. The Morgan fingerprint density at radius 3 is 2.94 bits per heavy atom. The van der Waals surface area contributed by atoms with Crippen LogP contribution in [0.15, 0.2) is 22.7 Å². The number of fused-ring (bicyclic) bond motifs is 2. The standard InChI is InChI=1S/C12H11BrN2S/c13-6-1-2-10-9(3-6)15-12(16-10)11-7-4-14-5-8(7)11/h1-3,7-8,11,14H,4-5H2/t7-,8+,11?. The van der Waals surface area contributed by atoms with E-state index in [2.05, 4.69) is 39.4 Å². The van der Waals surface area contributed by atoms with Gasteiger partial charge in [0, 0.05) is 10.4 Å². The maximum atomic E-state index is 4.78. The Morgan fingerprint density at radius 2 is 2.12 bits per heavy atom. The van der Waals surface area contributed by atoms with Gasteiger partial charge in [0.05, 0.1) is 15.2 Å². The molecule has 16 heavy (non-hydrogen) atoms. The molecule has 0 radical (unpaired) electrons. The van der Waals surface area contributed by atoms with Crippen LogP contribution in [0.25, 0.3) is 10.2 Å². The predicted molar refractivity (Wildman–Crippen MR) is 69.9 cm³/mol. The van der Waals surface area contributed by atoms with Crippen molar-refractivity contribution in [2.45, 2.75) is 5.92 Å². The third-order valence-electron chi connectivity index (χ3n) is 3.74. The molecule has 1 saturated heterocycles. The quantitative estimate of drug-likeness (QED) is 0.875. The second-order valence-corrected chi connectivity index (χ2v) is 6.65. The van der Waals surface area contributed by atoms with Crippen molar-refractivity contribution in [3.63, 3.8) is 0 Å². The lowest BCUT2D eigenvalue weighted by Crippen LogP contribution is -2.13. The van der Waals surface area contributed by atoms with Gasteiger partial charge in [0.1, 0.15) is 0 Å². The molecule has 0 amide bonds. The van der Waals surface area contributed by atoms with Crippen molar-refractivity contribution in [2.24, 2.45) is 11.8 Å². The number of rotatable bonds is 1. The van der Waals surface area contributed by atoms with E-state index in [4.69, 9.17) is 4.98 Å². The van der Waals surface area contributed by atoms with E-state index in [-0.39, 0.29) is 0 Å². The summed E-state index contributed by atoms with van der Waals surface area (Å²) in [5, 5.41) is 4.79. The summed E-state index contributed by atoms with van der Waals surface area (Å²) in [6, 6.07) is 6.38. The van der Waals surface area contributed by atoms with Crippen LogP contribution >= 0.6 is 27.3 Å². The Morgan fingerprint density at radius 1 is 1.31 bits per heavy atom. The lowest BCUT2D eigenvalue weighted by molar-refractivity contribution is 0.683. The van der Waals surface area contributed by atoms with Gasteiger partial charge in [-0.25, -0.2) is 4.98 Å². The molecule has 1 saturated carbocycles. The first kappa shape index (κ1) is 9.57. The van der Waals surface area contributed by atoms with Crippen LogP contribution in [0.2, 0.25) is 0 Å². The number of piperidine rings is 1. The lowest BCUT2D eigenvalue weighted by Gasteiger charge is -1.98. The molecule has 0 spiro atoms. The summed E-state index contributed by atoms with van der Waals surface area (Å²) < 4.78 is 2.44. The van der Waals surface area contributed by atoms with E-state index < -0.39 is 0 Å². The van der Waals surface area contributed by atoms with Crippen molar-refractivity contribution >= 4 is 37.5 Å². The van der Waals surface area contributed by atoms with Crippen LogP contribution in [-0.4, -0.2) is 18.1 Å². The average molecular weight is 295 g/mol. The maximum absolute atomic E-state index is 4.78. The number of halogens is 1. The van der Waals surface area contributed by atoms with E-state index in [9.17, 15) is 0 Å². The van der Waals surface area contributed by atoms with Crippen molar-refractivity contribution in [2.75, 3.05) is 13.1 Å². The second-order valence-electron chi connectivity index (χ2n) is 4.68. The Labute approximate surface area is 106 Å². The summed E-state index contributed by atoms with van der Waals surface area (Å²) in [4.78, 5) is 4.78. The van der Waals surface area contributed by atoms with Gasteiger partial charge in [-0.05, 0) is 43.1 Å². The molecule has 3 atom stereocenters. The molecular weight excluding hydrogens is 284 g/mol. The third-order valence-corrected chi connectivity index (χ3v) is 5.37. The zero-order chi connectivity index (χ0) is 10.7. The van der Waals surface area contributed by atoms with Gasteiger partial charge < -0.3 is 5.32 Å². The van der Waals surface area contributed by atoms with Crippen molar-refractivity contribution in [1.29, 1.82) is 0 Å². The fourth-order valence-corrected chi connectivity index (χ4v) is 4.39. The maximum Gasteiger partial charge on any atom is 0.0976 e. The highest BCUT2D eigenvalue weighted by Gasteiger charge is 2.54. The molecule has 1 aromatic carbocycles. The van der Waals surface area contributed by atoms with Gasteiger partial charge in [0.2, 0.25) is 0 Å². The van der Waals surface area contributed by atoms with Crippen LogP contribution in [0.3, 0.4) is 0 Å². The summed E-state index contributed by atoms with van der Waals surface area (Å²) in [7, 11) is 0. The first-order chi connectivity index (χ1) is 7.83. The fourth-order valence-electron chi connectivity index (χ4n) is 2.85. The molecule has 1 aromatic heterocycles. The van der Waals surface area contributed by atoms with Gasteiger partial charge in [0.25, 0.3) is 0 Å². The molecule has 2 aromatic rings. The molecule has 1 aliphatic carbocycles. The van der Waals surface area contributed by atoms with Crippen molar-refractivity contribution < 1.29 is 0 Å². The second kappa shape index (κ2) is 3.28. The van der Waals surface area contributed by atoms with E-state index in [1.54, 1.807) is 0 Å². The zero-order valence-electron chi connectivity index (χ0n) is 8.61. The molecule has 2 heterocycles. The normalized spacial score (nSPS) is 31.9. The largest absolute Gasteiger partial charge is 0.316 e. The summed E-state index contributed by atoms with van der Waals surface area (Å²) in [5.74, 6) is 2.48. The van der Waals surface area contributed by atoms with E-state index in [0.717, 1.165) is 27.7 Å². The summed E-state index contributed by atoms with van der Waals surface area (Å²) in [5.41, 5.74) is 1.15. The molecule has 1 N–H and O–H groups in total. The molecule has 2 fully saturated rings. The van der Waals surface area contributed by atoms with Gasteiger partial charge in [0.15, 0.2) is 0 Å². The SMILES string of the molecule is Brc1ccc2sc(C3[C@H]4CNC[C@@H]34)nc2c1. The smallest absolute Gasteiger partial charge is 0.0976 e. The van der Waals surface area contributed by atoms with E-state index in [1.807, 2.05) is 11.3 Å². The predicted octanol–water partition coefficient (Wildman–Crippen LogP) is 2.99. The minimum atomic E-state index is 0.748. The number of thiazole rings is 1. The highest BCUT2D eigenvalue weighted by atomic mass is 79.9. The van der Waals surface area contributed by atoms with Gasteiger partial charge in [-0.3, -0.25) is 0 Å². The lowest BCUT2D eigenvalue weighted by atomic mass is 10.3. The summed E-state index contributed by atoms with van der Waals surface area (Å²) >= 11 is 5.37.